The van der Waals surface area contributed by atoms with Gasteiger partial charge in [-0.2, -0.15) is 0 Å². The highest BCUT2D eigenvalue weighted by atomic mass is 14.9. The summed E-state index contributed by atoms with van der Waals surface area (Å²) < 4.78 is 0. The zero-order chi connectivity index (χ0) is 34.4. The first-order valence-electron chi connectivity index (χ1n) is 17.6. The molecule has 0 unspecified atom stereocenters. The van der Waals surface area contributed by atoms with Gasteiger partial charge < -0.3 is 0 Å². The Morgan fingerprint density at radius 1 is 0.327 bits per heavy atom. The molecule has 2 aromatic heterocycles. The van der Waals surface area contributed by atoms with Gasteiger partial charge in [0.25, 0.3) is 0 Å². The van der Waals surface area contributed by atoms with Gasteiger partial charge in [0.15, 0.2) is 5.82 Å². The summed E-state index contributed by atoms with van der Waals surface area (Å²) in [5, 5.41) is 7.75. The molecule has 0 aliphatic rings. The summed E-state index contributed by atoms with van der Waals surface area (Å²) in [5.74, 6) is 0.674. The average molecular weight is 662 g/mol. The second-order valence-electron chi connectivity index (χ2n) is 13.2. The van der Waals surface area contributed by atoms with Crippen LogP contribution in [0.4, 0.5) is 0 Å². The predicted molar refractivity (Wildman–Crippen MR) is 216 cm³/mol. The van der Waals surface area contributed by atoms with Crippen molar-refractivity contribution in [3.05, 3.63) is 188 Å². The average Bonchev–Trinajstić information content (AvgIpc) is 3.23. The van der Waals surface area contributed by atoms with Crippen molar-refractivity contribution in [2.45, 2.75) is 0 Å². The SMILES string of the molecule is c1ccc(-c2cccc(-c3cc(-c4ccc(-c5ccc6ccc7cccc8ccc5c6c78)cc4)nc(-c4ccccc4-c4cccnc4)n3)c2)cc1. The van der Waals surface area contributed by atoms with Crippen molar-refractivity contribution in [2.24, 2.45) is 0 Å². The first kappa shape index (κ1) is 29.9. The molecule has 8 aromatic carbocycles. The molecule has 0 atom stereocenters. The highest BCUT2D eigenvalue weighted by molar-refractivity contribution is 6.25. The van der Waals surface area contributed by atoms with E-state index in [2.05, 4.69) is 163 Å². The van der Waals surface area contributed by atoms with Crippen LogP contribution in [0.25, 0.3) is 99.6 Å². The van der Waals surface area contributed by atoms with Crippen LogP contribution in [0, 0.1) is 0 Å². The molecule has 2 heterocycles. The number of aromatic nitrogens is 3. The molecule has 0 saturated heterocycles. The van der Waals surface area contributed by atoms with Gasteiger partial charge in [0.2, 0.25) is 0 Å². The van der Waals surface area contributed by atoms with Gasteiger partial charge in [-0.25, -0.2) is 9.97 Å². The summed E-state index contributed by atoms with van der Waals surface area (Å²) in [6.07, 6.45) is 3.69. The lowest BCUT2D eigenvalue weighted by atomic mass is 9.89. The fraction of sp³-hybridized carbons (Fsp3) is 0. The lowest BCUT2D eigenvalue weighted by molar-refractivity contribution is 1.18. The number of nitrogens with zero attached hydrogens (tertiary/aromatic N) is 3. The summed E-state index contributed by atoms with van der Waals surface area (Å²) >= 11 is 0. The standard InChI is InChI=1S/C49H31N3/c1-2-9-32(10-3-1)38-13-7-14-39(29-38)46-30-45(51-49(52-46)44-17-5-4-16-41(44)40-15-8-28-50-31-40)34-20-18-33(19-21-34)42-26-24-37-23-22-35-11-6-12-36-25-27-43(42)48(37)47(35)36/h1-31H. The number of pyridine rings is 1. The first-order valence-corrected chi connectivity index (χ1v) is 17.6. The van der Waals surface area contributed by atoms with E-state index < -0.39 is 0 Å². The fourth-order valence-electron chi connectivity index (χ4n) is 7.61. The topological polar surface area (TPSA) is 38.7 Å². The highest BCUT2D eigenvalue weighted by Crippen LogP contribution is 2.40. The Labute approximate surface area is 301 Å². The van der Waals surface area contributed by atoms with Crippen molar-refractivity contribution in [3.63, 3.8) is 0 Å². The molecule has 10 aromatic rings. The van der Waals surface area contributed by atoms with Crippen LogP contribution in [0.1, 0.15) is 0 Å². The molecular formula is C49H31N3. The van der Waals surface area contributed by atoms with E-state index in [9.17, 15) is 0 Å². The molecule has 0 bridgehead atoms. The van der Waals surface area contributed by atoms with Crippen LogP contribution in [-0.2, 0) is 0 Å². The molecule has 3 nitrogen and oxygen atoms in total. The van der Waals surface area contributed by atoms with Crippen LogP contribution >= 0.6 is 0 Å². The maximum Gasteiger partial charge on any atom is 0.161 e. The maximum atomic E-state index is 5.24. The molecule has 0 radical (unpaired) electrons. The van der Waals surface area contributed by atoms with Crippen molar-refractivity contribution in [1.29, 1.82) is 0 Å². The monoisotopic (exact) mass is 661 g/mol. The smallest absolute Gasteiger partial charge is 0.161 e. The molecule has 3 heteroatoms. The van der Waals surface area contributed by atoms with Crippen LogP contribution in [0.5, 0.6) is 0 Å². The van der Waals surface area contributed by atoms with Crippen molar-refractivity contribution in [1.82, 2.24) is 15.0 Å². The van der Waals surface area contributed by atoms with E-state index in [1.165, 1.54) is 49.0 Å². The highest BCUT2D eigenvalue weighted by Gasteiger charge is 2.16. The molecule has 52 heavy (non-hydrogen) atoms. The Kier molecular flexibility index (Phi) is 7.14. The molecule has 0 N–H and O–H groups in total. The zero-order valence-corrected chi connectivity index (χ0v) is 28.2. The Hall–Kier alpha value is -6.97. The second-order valence-corrected chi connectivity index (χ2v) is 13.2. The Morgan fingerprint density at radius 2 is 0.942 bits per heavy atom. The molecule has 0 spiro atoms. The fourth-order valence-corrected chi connectivity index (χ4v) is 7.61. The molecule has 0 aliphatic carbocycles. The summed E-state index contributed by atoms with van der Waals surface area (Å²) in [5.41, 5.74) is 11.6. The third-order valence-electron chi connectivity index (χ3n) is 10.2. The molecule has 10 rings (SSSR count). The van der Waals surface area contributed by atoms with E-state index in [0.29, 0.717) is 5.82 Å². The zero-order valence-electron chi connectivity index (χ0n) is 28.2. The predicted octanol–water partition coefficient (Wildman–Crippen LogP) is 12.8. The summed E-state index contributed by atoms with van der Waals surface area (Å²) in [6, 6.07) is 62.5. The Bertz CT molecular complexity index is 2860. The van der Waals surface area contributed by atoms with E-state index in [1.807, 2.05) is 24.4 Å². The van der Waals surface area contributed by atoms with Gasteiger partial charge in [0.1, 0.15) is 0 Å². The van der Waals surface area contributed by atoms with Crippen molar-refractivity contribution < 1.29 is 0 Å². The van der Waals surface area contributed by atoms with Crippen LogP contribution in [-0.4, -0.2) is 15.0 Å². The first-order chi connectivity index (χ1) is 25.8. The minimum absolute atomic E-state index is 0.674. The van der Waals surface area contributed by atoms with Gasteiger partial charge in [-0.3, -0.25) is 4.98 Å². The molecule has 0 aliphatic heterocycles. The Balaban J connectivity index is 1.11. The lowest BCUT2D eigenvalue weighted by Gasteiger charge is -2.15. The number of hydrogen-bond acceptors (Lipinski definition) is 3. The third-order valence-corrected chi connectivity index (χ3v) is 10.2. The van der Waals surface area contributed by atoms with E-state index in [1.54, 1.807) is 6.20 Å². The lowest BCUT2D eigenvalue weighted by Crippen LogP contribution is -1.98. The van der Waals surface area contributed by atoms with E-state index in [0.717, 1.165) is 44.8 Å². The number of benzene rings is 8. The van der Waals surface area contributed by atoms with Gasteiger partial charge in [-0.1, -0.05) is 158 Å². The minimum atomic E-state index is 0.674. The second kappa shape index (κ2) is 12.4. The molecule has 0 amide bonds. The minimum Gasteiger partial charge on any atom is -0.264 e. The van der Waals surface area contributed by atoms with Gasteiger partial charge in [-0.15, -0.1) is 0 Å². The maximum absolute atomic E-state index is 5.24. The molecule has 0 saturated carbocycles. The summed E-state index contributed by atoms with van der Waals surface area (Å²) in [7, 11) is 0. The van der Waals surface area contributed by atoms with Crippen LogP contribution < -0.4 is 0 Å². The summed E-state index contributed by atoms with van der Waals surface area (Å²) in [4.78, 5) is 14.9. The van der Waals surface area contributed by atoms with Gasteiger partial charge in [-0.05, 0) is 78.3 Å². The Morgan fingerprint density at radius 3 is 1.73 bits per heavy atom. The van der Waals surface area contributed by atoms with E-state index in [4.69, 9.17) is 9.97 Å². The van der Waals surface area contributed by atoms with E-state index in [-0.39, 0.29) is 0 Å². The largest absolute Gasteiger partial charge is 0.264 e. The van der Waals surface area contributed by atoms with Crippen molar-refractivity contribution in [3.8, 4) is 67.3 Å². The number of hydrogen-bond donors (Lipinski definition) is 0. The van der Waals surface area contributed by atoms with E-state index >= 15 is 0 Å². The molecule has 0 fully saturated rings. The quantitative estimate of drug-likeness (QED) is 0.166. The molecular weight excluding hydrogens is 631 g/mol. The van der Waals surface area contributed by atoms with Gasteiger partial charge in [0, 0.05) is 34.6 Å². The van der Waals surface area contributed by atoms with Crippen molar-refractivity contribution >= 4 is 32.3 Å². The van der Waals surface area contributed by atoms with Crippen molar-refractivity contribution in [2.75, 3.05) is 0 Å². The molecule has 242 valence electrons. The third kappa shape index (κ3) is 5.19. The van der Waals surface area contributed by atoms with Gasteiger partial charge in [0.05, 0.1) is 11.4 Å². The van der Waals surface area contributed by atoms with Gasteiger partial charge >= 0.3 is 0 Å². The van der Waals surface area contributed by atoms with Crippen LogP contribution in [0.3, 0.4) is 0 Å². The normalized spacial score (nSPS) is 11.5. The van der Waals surface area contributed by atoms with Crippen LogP contribution in [0.2, 0.25) is 0 Å². The van der Waals surface area contributed by atoms with Crippen LogP contribution in [0.15, 0.2) is 188 Å². The summed E-state index contributed by atoms with van der Waals surface area (Å²) in [6.45, 7) is 0. The number of rotatable bonds is 6.